The zero-order chi connectivity index (χ0) is 18.6. The number of rotatable bonds is 6. The normalized spacial score (nSPS) is 13.1. The van der Waals surface area contributed by atoms with E-state index in [1.165, 1.54) is 16.0 Å². The molecule has 0 saturated heterocycles. The smallest absolute Gasteiger partial charge is 0.261 e. The molecule has 3 aromatic rings. The molecule has 0 aliphatic carbocycles. The molecule has 134 valence electrons. The molecule has 0 bridgehead atoms. The molecule has 0 aromatic heterocycles. The Morgan fingerprint density at radius 1 is 0.630 bits per heavy atom. The molecule has 1 aliphatic heterocycles. The first-order chi connectivity index (χ1) is 13.2. The summed E-state index contributed by atoms with van der Waals surface area (Å²) in [6.45, 7) is 0.309. The van der Waals surface area contributed by atoms with E-state index >= 15 is 0 Å². The van der Waals surface area contributed by atoms with E-state index in [1.807, 2.05) is 30.0 Å². The zero-order valence-corrected chi connectivity index (χ0v) is 15.6. The van der Waals surface area contributed by atoms with Gasteiger partial charge in [-0.3, -0.25) is 14.5 Å². The molecule has 3 nitrogen and oxygen atoms in total. The number of nitrogens with zero attached hydrogens (tertiary/aromatic N) is 1. The van der Waals surface area contributed by atoms with Crippen LogP contribution in [0.5, 0.6) is 0 Å². The Morgan fingerprint density at radius 2 is 1.19 bits per heavy atom. The fourth-order valence-corrected chi connectivity index (χ4v) is 4.19. The van der Waals surface area contributed by atoms with Crippen molar-refractivity contribution in [3.63, 3.8) is 0 Å². The second-order valence-electron chi connectivity index (χ2n) is 6.54. The lowest BCUT2D eigenvalue weighted by Gasteiger charge is -2.14. The van der Waals surface area contributed by atoms with Gasteiger partial charge in [-0.25, -0.2) is 0 Å². The lowest BCUT2D eigenvalue weighted by molar-refractivity contribution is 0.0642. The molecule has 0 spiro atoms. The van der Waals surface area contributed by atoms with Gasteiger partial charge in [0.05, 0.1) is 17.7 Å². The fraction of sp³-hybridized carbons (Fsp3) is 0.130. The van der Waals surface area contributed by atoms with Gasteiger partial charge in [0, 0.05) is 11.5 Å². The van der Waals surface area contributed by atoms with E-state index in [-0.39, 0.29) is 11.8 Å². The molecule has 0 N–H and O–H groups in total. The Labute approximate surface area is 163 Å². The van der Waals surface area contributed by atoms with Crippen molar-refractivity contribution in [2.24, 2.45) is 0 Å². The lowest BCUT2D eigenvalue weighted by atomic mass is 10.1. The summed E-state index contributed by atoms with van der Waals surface area (Å²) in [5, 5.41) is 0. The SMILES string of the molecule is O=C1c2ccccc2C(=O)N1Cc1cccc(CSCc2ccccc2)c1. The van der Waals surface area contributed by atoms with Crippen molar-refractivity contribution in [3.8, 4) is 0 Å². The molecule has 0 unspecified atom stereocenters. The van der Waals surface area contributed by atoms with Crippen LogP contribution in [0.25, 0.3) is 0 Å². The third kappa shape index (κ3) is 3.81. The first kappa shape index (κ1) is 17.6. The number of thioether (sulfide) groups is 1. The van der Waals surface area contributed by atoms with Crippen molar-refractivity contribution in [1.29, 1.82) is 0 Å². The van der Waals surface area contributed by atoms with Crippen LogP contribution in [0.3, 0.4) is 0 Å². The number of hydrogen-bond acceptors (Lipinski definition) is 3. The van der Waals surface area contributed by atoms with E-state index in [0.717, 1.165) is 17.1 Å². The van der Waals surface area contributed by atoms with E-state index in [2.05, 4.69) is 36.4 Å². The Kier molecular flexibility index (Phi) is 5.07. The van der Waals surface area contributed by atoms with Crippen LogP contribution < -0.4 is 0 Å². The van der Waals surface area contributed by atoms with Crippen molar-refractivity contribution in [3.05, 3.63) is 107 Å². The number of amides is 2. The average molecular weight is 373 g/mol. The van der Waals surface area contributed by atoms with Crippen molar-refractivity contribution in [2.45, 2.75) is 18.1 Å². The monoisotopic (exact) mass is 373 g/mol. The average Bonchev–Trinajstić information content (AvgIpc) is 2.94. The molecule has 0 atom stereocenters. The number of fused-ring (bicyclic) bond motifs is 1. The van der Waals surface area contributed by atoms with Crippen LogP contribution in [-0.2, 0) is 18.1 Å². The first-order valence-electron chi connectivity index (χ1n) is 8.87. The minimum absolute atomic E-state index is 0.209. The Morgan fingerprint density at radius 3 is 1.89 bits per heavy atom. The summed E-state index contributed by atoms with van der Waals surface area (Å²) in [5.41, 5.74) is 4.48. The number of carbonyl (C=O) groups excluding carboxylic acids is 2. The molecule has 0 saturated carbocycles. The quantitative estimate of drug-likeness (QED) is 0.576. The van der Waals surface area contributed by atoms with Gasteiger partial charge in [-0.1, -0.05) is 66.7 Å². The van der Waals surface area contributed by atoms with Crippen LogP contribution in [-0.4, -0.2) is 16.7 Å². The van der Waals surface area contributed by atoms with Gasteiger partial charge < -0.3 is 0 Å². The van der Waals surface area contributed by atoms with Crippen LogP contribution in [0, 0.1) is 0 Å². The molecular weight excluding hydrogens is 354 g/mol. The van der Waals surface area contributed by atoms with Crippen LogP contribution in [0.1, 0.15) is 37.4 Å². The highest BCUT2D eigenvalue weighted by Gasteiger charge is 2.34. The highest BCUT2D eigenvalue weighted by Crippen LogP contribution is 2.25. The van der Waals surface area contributed by atoms with E-state index in [9.17, 15) is 9.59 Å². The van der Waals surface area contributed by atoms with E-state index in [1.54, 1.807) is 24.3 Å². The van der Waals surface area contributed by atoms with Crippen LogP contribution in [0.2, 0.25) is 0 Å². The van der Waals surface area contributed by atoms with Crippen LogP contribution >= 0.6 is 11.8 Å². The minimum Gasteiger partial charge on any atom is -0.270 e. The first-order valence-corrected chi connectivity index (χ1v) is 10.0. The van der Waals surface area contributed by atoms with Gasteiger partial charge >= 0.3 is 0 Å². The molecule has 1 aliphatic rings. The third-order valence-corrected chi connectivity index (χ3v) is 5.67. The summed E-state index contributed by atoms with van der Waals surface area (Å²) >= 11 is 1.85. The summed E-state index contributed by atoms with van der Waals surface area (Å²) < 4.78 is 0. The predicted octanol–water partition coefficient (Wildman–Crippen LogP) is 4.92. The lowest BCUT2D eigenvalue weighted by Crippen LogP contribution is -2.29. The summed E-state index contributed by atoms with van der Waals surface area (Å²) in [7, 11) is 0. The Bertz CT molecular complexity index is 949. The van der Waals surface area contributed by atoms with Gasteiger partial charge in [-0.05, 0) is 28.8 Å². The van der Waals surface area contributed by atoms with Crippen molar-refractivity contribution in [1.82, 2.24) is 4.90 Å². The minimum atomic E-state index is -0.209. The number of hydrogen-bond donors (Lipinski definition) is 0. The van der Waals surface area contributed by atoms with E-state index < -0.39 is 0 Å². The number of carbonyl (C=O) groups is 2. The molecule has 3 aromatic carbocycles. The largest absolute Gasteiger partial charge is 0.270 e. The molecule has 2 amide bonds. The van der Waals surface area contributed by atoms with Gasteiger partial charge in [-0.2, -0.15) is 11.8 Å². The maximum absolute atomic E-state index is 12.5. The van der Waals surface area contributed by atoms with Crippen molar-refractivity contribution in [2.75, 3.05) is 0 Å². The zero-order valence-electron chi connectivity index (χ0n) is 14.8. The number of benzene rings is 3. The molecule has 4 rings (SSSR count). The maximum atomic E-state index is 12.5. The molecule has 0 radical (unpaired) electrons. The molecule has 0 fully saturated rings. The standard InChI is InChI=1S/C23H19NO2S/c25-22-20-11-4-5-12-21(20)23(26)24(22)14-18-9-6-10-19(13-18)16-27-15-17-7-2-1-3-8-17/h1-13H,14-16H2. The summed E-state index contributed by atoms with van der Waals surface area (Å²) in [6.07, 6.45) is 0. The number of imide groups is 1. The van der Waals surface area contributed by atoms with Crippen LogP contribution in [0.15, 0.2) is 78.9 Å². The Hall–Kier alpha value is -2.85. The summed E-state index contributed by atoms with van der Waals surface area (Å²) in [4.78, 5) is 26.4. The van der Waals surface area contributed by atoms with Gasteiger partial charge in [-0.15, -0.1) is 0 Å². The van der Waals surface area contributed by atoms with Crippen molar-refractivity contribution >= 4 is 23.6 Å². The van der Waals surface area contributed by atoms with Crippen LogP contribution in [0.4, 0.5) is 0 Å². The van der Waals surface area contributed by atoms with Gasteiger partial charge in [0.1, 0.15) is 0 Å². The second-order valence-corrected chi connectivity index (χ2v) is 7.53. The molecule has 27 heavy (non-hydrogen) atoms. The Balaban J connectivity index is 1.41. The topological polar surface area (TPSA) is 37.4 Å². The highest BCUT2D eigenvalue weighted by atomic mass is 32.2. The van der Waals surface area contributed by atoms with Gasteiger partial charge in [0.15, 0.2) is 0 Å². The third-order valence-electron chi connectivity index (χ3n) is 4.59. The highest BCUT2D eigenvalue weighted by molar-refractivity contribution is 7.97. The maximum Gasteiger partial charge on any atom is 0.261 e. The molecular formula is C23H19NO2S. The van der Waals surface area contributed by atoms with Gasteiger partial charge in [0.25, 0.3) is 11.8 Å². The van der Waals surface area contributed by atoms with E-state index in [0.29, 0.717) is 17.7 Å². The fourth-order valence-electron chi connectivity index (χ4n) is 3.24. The molecule has 1 heterocycles. The van der Waals surface area contributed by atoms with Crippen molar-refractivity contribution < 1.29 is 9.59 Å². The predicted molar refractivity (Wildman–Crippen MR) is 109 cm³/mol. The molecule has 4 heteroatoms. The second kappa shape index (κ2) is 7.80. The van der Waals surface area contributed by atoms with Gasteiger partial charge in [0.2, 0.25) is 0 Å². The van der Waals surface area contributed by atoms with E-state index in [4.69, 9.17) is 0 Å². The summed E-state index contributed by atoms with van der Waals surface area (Å²) in [5.74, 6) is 1.44. The summed E-state index contributed by atoms with van der Waals surface area (Å²) in [6, 6.07) is 25.5.